The van der Waals surface area contributed by atoms with E-state index < -0.39 is 0 Å². The third kappa shape index (κ3) is 3.79. The molecular weight excluding hydrogens is 224 g/mol. The van der Waals surface area contributed by atoms with Crippen molar-refractivity contribution in [3.05, 3.63) is 30.3 Å². The van der Waals surface area contributed by atoms with Crippen LogP contribution in [0.5, 0.6) is 0 Å². The van der Waals surface area contributed by atoms with Gasteiger partial charge in [-0.15, -0.1) is 0 Å². The molecular formula is C12H16O3S. The highest BCUT2D eigenvalue weighted by molar-refractivity contribution is 7.99. The molecule has 0 N–H and O–H groups in total. The lowest BCUT2D eigenvalue weighted by atomic mass is 10.3. The van der Waals surface area contributed by atoms with Crippen molar-refractivity contribution in [3.8, 4) is 0 Å². The zero-order valence-corrected chi connectivity index (χ0v) is 10.1. The second kappa shape index (κ2) is 6.25. The van der Waals surface area contributed by atoms with Crippen LogP contribution in [0, 0.1) is 0 Å². The maximum atomic E-state index is 5.52. The highest BCUT2D eigenvalue weighted by Crippen LogP contribution is 2.23. The van der Waals surface area contributed by atoms with E-state index in [-0.39, 0.29) is 12.2 Å². The molecule has 1 aliphatic rings. The van der Waals surface area contributed by atoms with Gasteiger partial charge in [-0.25, -0.2) is 0 Å². The van der Waals surface area contributed by atoms with Gasteiger partial charge in [0.1, 0.15) is 12.2 Å². The maximum Gasteiger partial charge on any atom is 0.110 e. The van der Waals surface area contributed by atoms with E-state index in [1.165, 1.54) is 4.90 Å². The summed E-state index contributed by atoms with van der Waals surface area (Å²) < 4.78 is 15.9. The number of methoxy groups -OCH3 is 1. The molecule has 0 bridgehead atoms. The van der Waals surface area contributed by atoms with E-state index in [0.717, 1.165) is 0 Å². The molecule has 4 heteroatoms. The van der Waals surface area contributed by atoms with Crippen molar-refractivity contribution in [3.63, 3.8) is 0 Å². The van der Waals surface area contributed by atoms with Crippen molar-refractivity contribution in [2.75, 3.05) is 26.3 Å². The largest absolute Gasteiger partial charge is 0.382 e. The Balaban J connectivity index is 1.53. The lowest BCUT2D eigenvalue weighted by Gasteiger charge is -2.01. The normalized spacial score (nSPS) is 23.3. The van der Waals surface area contributed by atoms with E-state index in [2.05, 4.69) is 12.1 Å². The smallest absolute Gasteiger partial charge is 0.110 e. The molecule has 1 heterocycles. The fourth-order valence-electron chi connectivity index (χ4n) is 1.43. The van der Waals surface area contributed by atoms with Crippen molar-refractivity contribution in [1.82, 2.24) is 0 Å². The Morgan fingerprint density at radius 3 is 2.69 bits per heavy atom. The second-order valence-corrected chi connectivity index (χ2v) is 4.61. The van der Waals surface area contributed by atoms with Crippen LogP contribution in [-0.2, 0) is 14.2 Å². The number of hydrogen-bond donors (Lipinski definition) is 0. The van der Waals surface area contributed by atoms with E-state index in [1.807, 2.05) is 18.2 Å². The molecule has 0 radical (unpaired) electrons. The van der Waals surface area contributed by atoms with Gasteiger partial charge in [-0.2, -0.15) is 0 Å². The minimum Gasteiger partial charge on any atom is -0.382 e. The molecule has 1 saturated heterocycles. The Kier molecular flexibility index (Phi) is 4.66. The van der Waals surface area contributed by atoms with Gasteiger partial charge in [-0.05, 0) is 12.1 Å². The summed E-state index contributed by atoms with van der Waals surface area (Å²) in [6, 6.07) is 10.2. The van der Waals surface area contributed by atoms with Gasteiger partial charge < -0.3 is 14.2 Å². The molecule has 3 nitrogen and oxygen atoms in total. The summed E-state index contributed by atoms with van der Waals surface area (Å²) in [5.41, 5.74) is 0. The zero-order chi connectivity index (χ0) is 11.2. The predicted molar refractivity (Wildman–Crippen MR) is 63.7 cm³/mol. The van der Waals surface area contributed by atoms with Crippen LogP contribution in [0.25, 0.3) is 0 Å². The fourth-order valence-corrected chi connectivity index (χ4v) is 2.09. The van der Waals surface area contributed by atoms with E-state index in [1.54, 1.807) is 18.9 Å². The summed E-state index contributed by atoms with van der Waals surface area (Å²) in [6.45, 7) is 1.33. The lowest BCUT2D eigenvalue weighted by Crippen LogP contribution is -2.08. The third-order valence-corrected chi connectivity index (χ3v) is 3.24. The standard InChI is InChI=1S/C12H16O3S/c1-13-7-11-12(15-11)8-14-9-16-10-5-3-2-4-6-10/h2-6,11-12H,7-9H2,1H3/t11-,12+/m1/s1. The molecule has 1 aromatic rings. The van der Waals surface area contributed by atoms with Crippen LogP contribution >= 0.6 is 11.8 Å². The van der Waals surface area contributed by atoms with Crippen LogP contribution in [-0.4, -0.2) is 38.5 Å². The first-order chi connectivity index (χ1) is 7.90. The number of hydrogen-bond acceptors (Lipinski definition) is 4. The summed E-state index contributed by atoms with van der Waals surface area (Å²) in [5.74, 6) is 0.670. The van der Waals surface area contributed by atoms with Crippen molar-refractivity contribution in [2.24, 2.45) is 0 Å². The molecule has 0 unspecified atom stereocenters. The molecule has 1 aliphatic heterocycles. The molecule has 1 fully saturated rings. The third-order valence-electron chi connectivity index (χ3n) is 2.35. The topological polar surface area (TPSA) is 31.0 Å². The second-order valence-electron chi connectivity index (χ2n) is 3.61. The maximum absolute atomic E-state index is 5.52. The van der Waals surface area contributed by atoms with Crippen LogP contribution in [0.4, 0.5) is 0 Å². The van der Waals surface area contributed by atoms with E-state index in [4.69, 9.17) is 14.2 Å². The Hall–Kier alpha value is -0.550. The highest BCUT2D eigenvalue weighted by Gasteiger charge is 2.38. The molecule has 2 atom stereocenters. The van der Waals surface area contributed by atoms with Crippen molar-refractivity contribution < 1.29 is 14.2 Å². The minimum atomic E-state index is 0.233. The van der Waals surface area contributed by atoms with Gasteiger partial charge in [0.15, 0.2) is 0 Å². The fraction of sp³-hybridized carbons (Fsp3) is 0.500. The zero-order valence-electron chi connectivity index (χ0n) is 9.30. The number of rotatable bonds is 7. The average molecular weight is 240 g/mol. The SMILES string of the molecule is COC[C@H]1O[C@H]1COCSc1ccccc1. The van der Waals surface area contributed by atoms with Crippen molar-refractivity contribution >= 4 is 11.8 Å². The van der Waals surface area contributed by atoms with Gasteiger partial charge in [0, 0.05) is 12.0 Å². The molecule has 0 spiro atoms. The monoisotopic (exact) mass is 240 g/mol. The molecule has 0 aliphatic carbocycles. The first-order valence-electron chi connectivity index (χ1n) is 5.30. The van der Waals surface area contributed by atoms with Crippen LogP contribution in [0.2, 0.25) is 0 Å². The van der Waals surface area contributed by atoms with Crippen LogP contribution < -0.4 is 0 Å². The molecule has 0 saturated carbocycles. The van der Waals surface area contributed by atoms with E-state index in [9.17, 15) is 0 Å². The van der Waals surface area contributed by atoms with E-state index in [0.29, 0.717) is 19.2 Å². The molecule has 88 valence electrons. The Morgan fingerprint density at radius 1 is 1.19 bits per heavy atom. The Labute approximate surface area is 100 Å². The molecule has 0 aromatic heterocycles. The van der Waals surface area contributed by atoms with Crippen LogP contribution in [0.3, 0.4) is 0 Å². The van der Waals surface area contributed by atoms with Crippen LogP contribution in [0.1, 0.15) is 0 Å². The van der Waals surface area contributed by atoms with Gasteiger partial charge in [-0.3, -0.25) is 0 Å². The van der Waals surface area contributed by atoms with Crippen molar-refractivity contribution in [1.29, 1.82) is 0 Å². The molecule has 1 aromatic carbocycles. The average Bonchev–Trinajstić information content (AvgIpc) is 3.05. The first kappa shape index (κ1) is 11.9. The van der Waals surface area contributed by atoms with E-state index >= 15 is 0 Å². The number of epoxide rings is 1. The summed E-state index contributed by atoms with van der Waals surface area (Å²) >= 11 is 1.70. The highest BCUT2D eigenvalue weighted by atomic mass is 32.2. The number of ether oxygens (including phenoxy) is 3. The summed E-state index contributed by atoms with van der Waals surface area (Å²) in [4.78, 5) is 1.23. The number of benzene rings is 1. The van der Waals surface area contributed by atoms with Gasteiger partial charge >= 0.3 is 0 Å². The van der Waals surface area contributed by atoms with Gasteiger partial charge in [-0.1, -0.05) is 30.0 Å². The predicted octanol–water partition coefficient (Wildman–Crippen LogP) is 2.17. The van der Waals surface area contributed by atoms with Gasteiger partial charge in [0.05, 0.1) is 19.2 Å². The lowest BCUT2D eigenvalue weighted by molar-refractivity contribution is 0.156. The van der Waals surface area contributed by atoms with Crippen molar-refractivity contribution in [2.45, 2.75) is 17.1 Å². The molecule has 2 rings (SSSR count). The van der Waals surface area contributed by atoms with Crippen LogP contribution in [0.15, 0.2) is 35.2 Å². The number of thioether (sulfide) groups is 1. The Bertz CT molecular complexity index is 304. The summed E-state index contributed by atoms with van der Waals surface area (Å²) in [7, 11) is 1.69. The Morgan fingerprint density at radius 2 is 1.94 bits per heavy atom. The molecule has 0 amide bonds. The molecule has 16 heavy (non-hydrogen) atoms. The minimum absolute atomic E-state index is 0.233. The summed E-state index contributed by atoms with van der Waals surface area (Å²) in [6.07, 6.45) is 0.475. The van der Waals surface area contributed by atoms with Gasteiger partial charge in [0.25, 0.3) is 0 Å². The van der Waals surface area contributed by atoms with Gasteiger partial charge in [0.2, 0.25) is 0 Å². The first-order valence-corrected chi connectivity index (χ1v) is 6.28. The summed E-state index contributed by atoms with van der Waals surface area (Å²) in [5, 5.41) is 0. The quantitative estimate of drug-likeness (QED) is 0.316.